The first-order valence-corrected chi connectivity index (χ1v) is 5.76. The molecule has 6 nitrogen and oxygen atoms in total. The lowest BCUT2D eigenvalue weighted by Crippen LogP contribution is -2.15. The van der Waals surface area contributed by atoms with Crippen molar-refractivity contribution < 1.29 is 18.5 Å². The fourth-order valence-electron chi connectivity index (χ4n) is 1.61. The molecule has 0 aliphatic rings. The van der Waals surface area contributed by atoms with Gasteiger partial charge in [-0.2, -0.15) is 4.39 Å². The standard InChI is InChI=1S/C13H9F2N3O3/c1-7-2-3-9(6-16-7)17-13(19)10-4-8(14)5-11(12(10)15)18(20)21/h2-6H,1H3,(H,17,19). The number of nitrogens with zero attached hydrogens (tertiary/aromatic N) is 2. The van der Waals surface area contributed by atoms with Crippen LogP contribution in [-0.4, -0.2) is 15.8 Å². The van der Waals surface area contributed by atoms with Gasteiger partial charge in [0.2, 0.25) is 5.82 Å². The number of aromatic nitrogens is 1. The van der Waals surface area contributed by atoms with Crippen LogP contribution in [0.1, 0.15) is 16.1 Å². The number of aryl methyl sites for hydroxylation is 1. The number of pyridine rings is 1. The van der Waals surface area contributed by atoms with E-state index >= 15 is 0 Å². The van der Waals surface area contributed by atoms with Gasteiger partial charge in [-0.15, -0.1) is 0 Å². The Morgan fingerprint density at radius 1 is 1.33 bits per heavy atom. The molecule has 0 bridgehead atoms. The smallest absolute Gasteiger partial charge is 0.308 e. The fraction of sp³-hybridized carbons (Fsp3) is 0.0769. The lowest BCUT2D eigenvalue weighted by Gasteiger charge is -2.06. The van der Waals surface area contributed by atoms with Gasteiger partial charge in [0.1, 0.15) is 5.82 Å². The summed E-state index contributed by atoms with van der Waals surface area (Å²) >= 11 is 0. The SMILES string of the molecule is Cc1ccc(NC(=O)c2cc(F)cc([N+](=O)[O-])c2F)cn1. The van der Waals surface area contributed by atoms with Crippen LogP contribution in [0.15, 0.2) is 30.5 Å². The number of rotatable bonds is 3. The third-order valence-electron chi connectivity index (χ3n) is 2.63. The van der Waals surface area contributed by atoms with E-state index in [4.69, 9.17) is 0 Å². The van der Waals surface area contributed by atoms with Gasteiger partial charge in [-0.1, -0.05) is 0 Å². The predicted molar refractivity (Wildman–Crippen MR) is 69.9 cm³/mol. The summed E-state index contributed by atoms with van der Waals surface area (Å²) in [6.45, 7) is 1.74. The van der Waals surface area contributed by atoms with Crippen LogP contribution in [0, 0.1) is 28.7 Å². The van der Waals surface area contributed by atoms with Gasteiger partial charge in [0, 0.05) is 5.69 Å². The van der Waals surface area contributed by atoms with Crippen molar-refractivity contribution in [2.75, 3.05) is 5.32 Å². The molecular formula is C13H9F2N3O3. The van der Waals surface area contributed by atoms with Crippen LogP contribution in [0.2, 0.25) is 0 Å². The maximum absolute atomic E-state index is 13.8. The average molecular weight is 293 g/mol. The van der Waals surface area contributed by atoms with Crippen molar-refractivity contribution in [1.29, 1.82) is 0 Å². The zero-order chi connectivity index (χ0) is 15.6. The van der Waals surface area contributed by atoms with E-state index in [1.807, 2.05) is 0 Å². The highest BCUT2D eigenvalue weighted by Crippen LogP contribution is 2.23. The molecule has 1 amide bonds. The third-order valence-corrected chi connectivity index (χ3v) is 2.63. The molecule has 0 unspecified atom stereocenters. The largest absolute Gasteiger partial charge is 0.320 e. The topological polar surface area (TPSA) is 85.1 Å². The second kappa shape index (κ2) is 5.61. The summed E-state index contributed by atoms with van der Waals surface area (Å²) in [5.74, 6) is -3.46. The Balaban J connectivity index is 2.35. The molecule has 108 valence electrons. The van der Waals surface area contributed by atoms with E-state index in [0.29, 0.717) is 17.8 Å². The molecule has 21 heavy (non-hydrogen) atoms. The van der Waals surface area contributed by atoms with Crippen molar-refractivity contribution in [1.82, 2.24) is 4.98 Å². The Labute approximate surface area is 117 Å². The fourth-order valence-corrected chi connectivity index (χ4v) is 1.61. The second-order valence-electron chi connectivity index (χ2n) is 4.19. The van der Waals surface area contributed by atoms with Crippen molar-refractivity contribution in [2.45, 2.75) is 6.92 Å². The summed E-state index contributed by atoms with van der Waals surface area (Å²) in [4.78, 5) is 25.3. The van der Waals surface area contributed by atoms with Crippen LogP contribution in [0.4, 0.5) is 20.2 Å². The van der Waals surface area contributed by atoms with Crippen molar-refractivity contribution in [3.63, 3.8) is 0 Å². The van der Waals surface area contributed by atoms with Gasteiger partial charge < -0.3 is 5.32 Å². The molecule has 0 spiro atoms. The van der Waals surface area contributed by atoms with Crippen LogP contribution in [-0.2, 0) is 0 Å². The molecule has 1 aromatic heterocycles. The van der Waals surface area contributed by atoms with Gasteiger partial charge in [-0.05, 0) is 25.1 Å². The summed E-state index contributed by atoms with van der Waals surface area (Å²) in [6, 6.07) is 4.14. The zero-order valence-electron chi connectivity index (χ0n) is 10.8. The van der Waals surface area contributed by atoms with E-state index in [9.17, 15) is 23.7 Å². The predicted octanol–water partition coefficient (Wildman–Crippen LogP) is 2.83. The summed E-state index contributed by atoms with van der Waals surface area (Å²) in [6.07, 6.45) is 1.33. The molecule has 0 fully saturated rings. The van der Waals surface area contributed by atoms with Crippen LogP contribution in [0.25, 0.3) is 0 Å². The number of carbonyl (C=O) groups is 1. The number of amides is 1. The van der Waals surface area contributed by atoms with Gasteiger partial charge in [0.25, 0.3) is 5.91 Å². The number of nitro groups is 1. The van der Waals surface area contributed by atoms with E-state index in [0.717, 1.165) is 0 Å². The van der Waals surface area contributed by atoms with Gasteiger partial charge in [0.15, 0.2) is 0 Å². The van der Waals surface area contributed by atoms with E-state index in [-0.39, 0.29) is 5.69 Å². The molecule has 0 saturated carbocycles. The number of halogens is 2. The molecular weight excluding hydrogens is 284 g/mol. The average Bonchev–Trinajstić information content (AvgIpc) is 2.43. The number of nitrogens with one attached hydrogen (secondary N) is 1. The van der Waals surface area contributed by atoms with Gasteiger partial charge >= 0.3 is 5.69 Å². The van der Waals surface area contributed by atoms with Gasteiger partial charge in [-0.25, -0.2) is 4.39 Å². The molecule has 1 heterocycles. The second-order valence-corrected chi connectivity index (χ2v) is 4.19. The lowest BCUT2D eigenvalue weighted by atomic mass is 10.1. The number of hydrogen-bond acceptors (Lipinski definition) is 4. The van der Waals surface area contributed by atoms with Crippen molar-refractivity contribution in [3.8, 4) is 0 Å². The number of benzene rings is 1. The Morgan fingerprint density at radius 3 is 2.62 bits per heavy atom. The molecule has 0 aliphatic heterocycles. The minimum absolute atomic E-state index is 0.261. The highest BCUT2D eigenvalue weighted by atomic mass is 19.1. The Kier molecular flexibility index (Phi) is 3.88. The number of anilines is 1. The molecule has 8 heteroatoms. The van der Waals surface area contributed by atoms with Gasteiger partial charge in [0.05, 0.1) is 28.4 Å². The van der Waals surface area contributed by atoms with Crippen LogP contribution in [0.3, 0.4) is 0 Å². The molecule has 0 saturated heterocycles. The van der Waals surface area contributed by atoms with E-state index < -0.39 is 33.7 Å². The molecule has 1 aromatic carbocycles. The summed E-state index contributed by atoms with van der Waals surface area (Å²) in [5, 5.41) is 12.9. The Morgan fingerprint density at radius 2 is 2.05 bits per heavy atom. The maximum atomic E-state index is 13.8. The Bertz CT molecular complexity index is 717. The molecule has 1 N–H and O–H groups in total. The van der Waals surface area contributed by atoms with Crippen molar-refractivity contribution >= 4 is 17.3 Å². The summed E-state index contributed by atoms with van der Waals surface area (Å²) in [5.41, 5.74) is -0.873. The molecule has 2 rings (SSSR count). The quantitative estimate of drug-likeness (QED) is 0.696. The minimum atomic E-state index is -1.39. The molecule has 0 aliphatic carbocycles. The first-order valence-electron chi connectivity index (χ1n) is 5.76. The van der Waals surface area contributed by atoms with Crippen LogP contribution in [0.5, 0.6) is 0 Å². The number of carbonyl (C=O) groups excluding carboxylic acids is 1. The first kappa shape index (κ1) is 14.5. The zero-order valence-corrected chi connectivity index (χ0v) is 10.8. The van der Waals surface area contributed by atoms with Crippen LogP contribution < -0.4 is 5.32 Å². The van der Waals surface area contributed by atoms with E-state index in [2.05, 4.69) is 10.3 Å². The maximum Gasteiger partial charge on any atom is 0.308 e. The summed E-state index contributed by atoms with van der Waals surface area (Å²) in [7, 11) is 0. The minimum Gasteiger partial charge on any atom is -0.320 e. The third kappa shape index (κ3) is 3.16. The summed E-state index contributed by atoms with van der Waals surface area (Å²) < 4.78 is 27.1. The van der Waals surface area contributed by atoms with E-state index in [1.165, 1.54) is 12.3 Å². The van der Waals surface area contributed by atoms with E-state index in [1.54, 1.807) is 13.0 Å². The number of hydrogen-bond donors (Lipinski definition) is 1. The highest BCUT2D eigenvalue weighted by Gasteiger charge is 2.24. The van der Waals surface area contributed by atoms with Crippen molar-refractivity contribution in [2.24, 2.45) is 0 Å². The normalized spacial score (nSPS) is 10.2. The lowest BCUT2D eigenvalue weighted by molar-refractivity contribution is -0.387. The highest BCUT2D eigenvalue weighted by molar-refractivity contribution is 6.04. The monoisotopic (exact) mass is 293 g/mol. The first-order chi connectivity index (χ1) is 9.88. The van der Waals surface area contributed by atoms with Crippen molar-refractivity contribution in [3.05, 3.63) is 63.5 Å². The molecule has 0 atom stereocenters. The number of nitro benzene ring substituents is 1. The Hall–Kier alpha value is -2.90. The molecule has 2 aromatic rings. The molecule has 0 radical (unpaired) electrons. The van der Waals surface area contributed by atoms with Gasteiger partial charge in [-0.3, -0.25) is 19.9 Å². The van der Waals surface area contributed by atoms with Crippen LogP contribution >= 0.6 is 0 Å².